The third kappa shape index (κ3) is 27.5. The van der Waals surface area contributed by atoms with Crippen LogP contribution < -0.4 is 61.0 Å². The summed E-state index contributed by atoms with van der Waals surface area (Å²) in [6, 6.07) is 71.6. The van der Waals surface area contributed by atoms with Crippen LogP contribution in [0.1, 0.15) is 161 Å². The molecule has 0 aliphatic heterocycles. The number of hydrogen-bond donors (Lipinski definition) is 4. The molecular weight excluding hydrogens is 1560 g/mol. The summed E-state index contributed by atoms with van der Waals surface area (Å²) in [7, 11) is 5.58. The molecule has 0 bridgehead atoms. The molecule has 0 radical (unpaired) electrons. The summed E-state index contributed by atoms with van der Waals surface area (Å²) in [5.41, 5.74) is 13.8. The summed E-state index contributed by atoms with van der Waals surface area (Å²) < 4.78 is 26.2. The molecule has 21 heteroatoms. The predicted octanol–water partition coefficient (Wildman–Crippen LogP) is 16.9. The van der Waals surface area contributed by atoms with Crippen molar-refractivity contribution in [3.05, 3.63) is 325 Å². The number of nitrogens with zero attached hydrogens (tertiary/aromatic N) is 7. The number of anilines is 1. The van der Waals surface area contributed by atoms with Crippen molar-refractivity contribution in [1.82, 2.24) is 30.0 Å². The molecule has 2 aromatic heterocycles. The largest absolute Gasteiger partial charge is 1.00 e. The van der Waals surface area contributed by atoms with E-state index < -0.39 is 5.82 Å². The quantitative estimate of drug-likeness (QED) is 0.0197. The minimum Gasteiger partial charge on any atom is -0.507 e. The van der Waals surface area contributed by atoms with Gasteiger partial charge < -0.3 is 30.1 Å². The number of aryl methyl sites for hydroxylation is 3. The van der Waals surface area contributed by atoms with Gasteiger partial charge in [0.1, 0.15) is 57.0 Å². The van der Waals surface area contributed by atoms with Crippen LogP contribution in [0.3, 0.4) is 0 Å². The van der Waals surface area contributed by atoms with Crippen LogP contribution in [0.4, 0.5) is 10.1 Å². The number of phenols is 4. The van der Waals surface area contributed by atoms with Crippen LogP contribution in [0, 0.1) is 36.2 Å². The normalized spacial score (nSPS) is 10.7. The van der Waals surface area contributed by atoms with Gasteiger partial charge in [-0.15, -0.1) is 27.1 Å². The molecular formula is C92H92FIKN7O11. The molecule has 0 aliphatic rings. The molecule has 2 heterocycles. The maximum Gasteiger partial charge on any atom is 1.00 e. The van der Waals surface area contributed by atoms with Crippen molar-refractivity contribution >= 4 is 91.1 Å². The van der Waals surface area contributed by atoms with Crippen molar-refractivity contribution < 1.29 is 111 Å². The fourth-order valence-electron chi connectivity index (χ4n) is 10.6. The van der Waals surface area contributed by atoms with Crippen LogP contribution in [-0.2, 0) is 15.6 Å². The van der Waals surface area contributed by atoms with Crippen LogP contribution in [0.5, 0.6) is 28.7 Å². The van der Waals surface area contributed by atoms with Crippen molar-refractivity contribution in [2.24, 2.45) is 0 Å². The maximum atomic E-state index is 12.8. The first-order chi connectivity index (χ1) is 53.5. The zero-order valence-corrected chi connectivity index (χ0v) is 71.4. The molecule has 0 unspecified atom stereocenters. The molecule has 0 saturated heterocycles. The average molecular weight is 1660 g/mol. The minimum atomic E-state index is -0.402. The predicted molar refractivity (Wildman–Crippen MR) is 450 cm³/mol. The Morgan fingerprint density at radius 2 is 1.06 bits per heavy atom. The summed E-state index contributed by atoms with van der Waals surface area (Å²) >= 11 is 2.09. The molecule has 0 amide bonds. The number of phenolic OH excluding ortho intramolecular Hbond substituents is 4. The number of benzene rings is 11. The van der Waals surface area contributed by atoms with Crippen molar-refractivity contribution in [3.8, 4) is 40.1 Å². The monoisotopic (exact) mass is 1660 g/mol. The van der Waals surface area contributed by atoms with Gasteiger partial charge in [0.05, 0.1) is 24.7 Å². The van der Waals surface area contributed by atoms with Gasteiger partial charge in [-0.05, 0) is 224 Å². The van der Waals surface area contributed by atoms with Crippen LogP contribution in [0.25, 0.3) is 39.5 Å². The topological polar surface area (TPSA) is 257 Å². The number of aromatic hydroxyl groups is 4. The van der Waals surface area contributed by atoms with Gasteiger partial charge >= 0.3 is 51.4 Å². The van der Waals surface area contributed by atoms with Gasteiger partial charge in [0.2, 0.25) is 0 Å². The number of Topliss-reactive ketones (excluding diaryl/α,β-unsaturated/α-hetero) is 4. The number of aromatic nitrogens is 6. The number of allylic oxidation sites excluding steroid dienone is 1. The molecule has 0 aliphatic carbocycles. The van der Waals surface area contributed by atoms with Gasteiger partial charge in [-0.2, -0.15) is 22.0 Å². The van der Waals surface area contributed by atoms with E-state index in [1.165, 1.54) is 53.8 Å². The second-order valence-corrected chi connectivity index (χ2v) is 29.4. The van der Waals surface area contributed by atoms with Gasteiger partial charge in [0.15, 0.2) is 34.7 Å². The SMILES string of the molecule is CC(=O)c1ccc(N(C)C)cc1.CC(=O)c1ccccc1O.CC(C)(C)c1ccc(C(=O)CC(=O)c2ccc(F)cc2)cc1.COc1ccc(/C=C/C(C)=O)cc1.Cc1cc(-n2nc3c[c-]ccc3n2)c(O)c(C(C)(C)C)c1.O=C(c1ccccc1)c1ccc(I)cc1O.[2H]Cc1cc(C)cc(-n2nc3ccccc3n2)c1O.[K+]. The standard InChI is InChI=1S/C19H19FO2.C17H18N3O.C14H13N3O.C13H9IO2.C11H12O2.C10H13NO.C8H8O2.K/c1-19(2,3)15-8-4-13(5-9-15)17(21)12-18(22)14-6-10-16(20)11-7-14;1-11-9-12(17(2,3)4)16(21)15(10-11)20-18-13-7-5-6-8-14(13)19-20;1-9-7-10(2)14(18)13(8-9)17-15-11-5-3-4-6-12(11)16-17;14-10-6-7-11(12(15)8-10)13(16)9-4-2-1-3-5-9;1-9(12)3-4-10-5-7-11(13-2)8-6-10;1-8(12)9-4-6-10(7-5-9)11(2)3;1-6(9)7-4-2-3-5-8(7)10;/h4-11H,12H2,1-3H3;5,7-10,21H,1-4H3;3-8,18H,1-2H3;1-8,15H;3-8H,1-2H3;4-7H,1-3H3;2-5,10H,1H3;/q;-1;;;;;;+1/b;;;;4-3+;;;/i;;2D;;;;;. The van der Waals surface area contributed by atoms with Crippen LogP contribution in [-0.4, -0.2) is 106 Å². The third-order valence-electron chi connectivity index (χ3n) is 16.8. The Morgan fingerprint density at radius 1 is 0.549 bits per heavy atom. The molecule has 0 atom stereocenters. The van der Waals surface area contributed by atoms with E-state index in [9.17, 15) is 48.5 Å². The Balaban J connectivity index is 0.000000210. The summed E-state index contributed by atoms with van der Waals surface area (Å²) in [5, 5.41) is 57.1. The number of rotatable bonds is 14. The molecule has 0 saturated carbocycles. The first kappa shape index (κ1) is 89.3. The Morgan fingerprint density at radius 3 is 1.55 bits per heavy atom. The van der Waals surface area contributed by atoms with Gasteiger partial charge in [0, 0.05) is 63.6 Å². The van der Waals surface area contributed by atoms with Crippen molar-refractivity contribution in [2.75, 3.05) is 26.1 Å². The number of ether oxygens (including phenoxy) is 1. The van der Waals surface area contributed by atoms with Gasteiger partial charge in [-0.1, -0.05) is 151 Å². The average Bonchev–Trinajstić information content (AvgIpc) is 1.56. The second kappa shape index (κ2) is 42.6. The number of hydrogen-bond acceptors (Lipinski definition) is 16. The van der Waals surface area contributed by atoms with Crippen molar-refractivity contribution in [3.63, 3.8) is 0 Å². The molecule has 13 aromatic rings. The molecule has 4 N–H and O–H groups in total. The van der Waals surface area contributed by atoms with Crippen LogP contribution in [0.15, 0.2) is 243 Å². The van der Waals surface area contributed by atoms with E-state index in [4.69, 9.17) is 11.2 Å². The van der Waals surface area contributed by atoms with Gasteiger partial charge in [0.25, 0.3) is 0 Å². The van der Waals surface area contributed by atoms with Crippen LogP contribution >= 0.6 is 22.6 Å². The molecule has 0 spiro atoms. The summed E-state index contributed by atoms with van der Waals surface area (Å²) in [6.45, 7) is 21.0. The van der Waals surface area contributed by atoms with E-state index in [1.807, 2.05) is 148 Å². The molecule has 113 heavy (non-hydrogen) atoms. The number of fused-ring (bicyclic) bond motifs is 2. The molecule has 0 fully saturated rings. The zero-order valence-electron chi connectivity index (χ0n) is 67.1. The van der Waals surface area contributed by atoms with E-state index >= 15 is 0 Å². The molecule has 11 aromatic carbocycles. The van der Waals surface area contributed by atoms with Gasteiger partial charge in [-0.25, -0.2) is 9.49 Å². The van der Waals surface area contributed by atoms with Crippen molar-refractivity contribution in [1.29, 1.82) is 0 Å². The molecule has 18 nitrogen and oxygen atoms in total. The van der Waals surface area contributed by atoms with E-state index in [1.54, 1.807) is 117 Å². The zero-order chi connectivity index (χ0) is 82.9. The van der Waals surface area contributed by atoms with Gasteiger partial charge in [-0.3, -0.25) is 28.8 Å². The molecule has 13 rings (SSSR count). The Bertz CT molecular complexity index is 5400. The minimum absolute atomic E-state index is 0. The Kier molecular flexibility index (Phi) is 33.7. The molecule has 576 valence electrons. The van der Waals surface area contributed by atoms with E-state index in [2.05, 4.69) is 90.6 Å². The fraction of sp³-hybridized carbons (Fsp3) is 0.196. The van der Waals surface area contributed by atoms with E-state index in [-0.39, 0.29) is 133 Å². The Hall–Kier alpha value is -10.9. The van der Waals surface area contributed by atoms with Crippen molar-refractivity contribution in [2.45, 2.75) is 100 Å². The number of para-hydroxylation sites is 1. The number of ketones is 6. The number of methoxy groups -OCH3 is 1. The fourth-order valence-corrected chi connectivity index (χ4v) is 11.1. The summed E-state index contributed by atoms with van der Waals surface area (Å²) in [6.07, 6.45) is 3.12. The number of halogens is 2. The van der Waals surface area contributed by atoms with E-state index in [0.717, 1.165) is 70.5 Å². The second-order valence-electron chi connectivity index (χ2n) is 28.1. The number of carbonyl (C=O) groups excluding carboxylic acids is 6. The summed E-state index contributed by atoms with van der Waals surface area (Å²) in [4.78, 5) is 73.4. The first-order valence-corrected chi connectivity index (χ1v) is 36.6. The smallest absolute Gasteiger partial charge is 0.507 e. The maximum absolute atomic E-state index is 12.8. The Labute approximate surface area is 717 Å². The van der Waals surface area contributed by atoms with E-state index in [0.29, 0.717) is 44.8 Å². The van der Waals surface area contributed by atoms with Crippen LogP contribution in [0.2, 0.25) is 0 Å². The first-order valence-electron chi connectivity index (χ1n) is 36.2. The number of carbonyl (C=O) groups is 6. The summed E-state index contributed by atoms with van der Waals surface area (Å²) in [5.74, 6) is 0.165. The third-order valence-corrected chi connectivity index (χ3v) is 17.5.